The summed E-state index contributed by atoms with van der Waals surface area (Å²) in [5, 5.41) is 3.53. The van der Waals surface area contributed by atoms with E-state index in [9.17, 15) is 9.59 Å². The average Bonchev–Trinajstić information content (AvgIpc) is 3.54. The minimum atomic E-state index is -0.705. The highest BCUT2D eigenvalue weighted by Crippen LogP contribution is 2.33. The first-order chi connectivity index (χ1) is 21.5. The van der Waals surface area contributed by atoms with Gasteiger partial charge in [0.2, 0.25) is 5.91 Å². The van der Waals surface area contributed by atoms with E-state index in [4.69, 9.17) is 21.3 Å². The zero-order chi connectivity index (χ0) is 30.3. The van der Waals surface area contributed by atoms with Crippen molar-refractivity contribution in [3.8, 4) is 5.75 Å². The van der Waals surface area contributed by atoms with Crippen LogP contribution >= 0.6 is 23.1 Å². The zero-order valence-electron chi connectivity index (χ0n) is 24.7. The summed E-state index contributed by atoms with van der Waals surface area (Å²) in [6.07, 6.45) is 2.30. The minimum absolute atomic E-state index is 0.0984. The Kier molecular flexibility index (Phi) is 9.85. The third-order valence-corrected chi connectivity index (χ3v) is 9.40. The molecule has 1 saturated heterocycles. The van der Waals surface area contributed by atoms with Crippen LogP contribution in [0.1, 0.15) is 30.4 Å². The summed E-state index contributed by atoms with van der Waals surface area (Å²) in [6.45, 7) is 5.86. The van der Waals surface area contributed by atoms with E-state index in [0.717, 1.165) is 61.1 Å². The van der Waals surface area contributed by atoms with Gasteiger partial charge in [0.15, 0.2) is 6.73 Å². The third-order valence-electron chi connectivity index (χ3n) is 8.26. The Bertz CT molecular complexity index is 1570. The van der Waals surface area contributed by atoms with Crippen LogP contribution in [0, 0.1) is 0 Å². The smallest absolute Gasteiger partial charge is 0.426 e. The van der Waals surface area contributed by atoms with E-state index < -0.39 is 6.09 Å². The predicted octanol–water partition coefficient (Wildman–Crippen LogP) is 6.91. The monoisotopic (exact) mass is 632 g/mol. The highest BCUT2D eigenvalue weighted by atomic mass is 35.5. The highest BCUT2D eigenvalue weighted by molar-refractivity contribution is 7.17. The molecular formula is C34H37ClN4O4S. The molecule has 0 radical (unpaired) electrons. The summed E-state index contributed by atoms with van der Waals surface area (Å²) in [4.78, 5) is 31.8. The number of anilines is 2. The Morgan fingerprint density at radius 1 is 0.909 bits per heavy atom. The van der Waals surface area contributed by atoms with E-state index >= 15 is 0 Å². The lowest BCUT2D eigenvalue weighted by atomic mass is 10.0. The maximum absolute atomic E-state index is 12.8. The molecule has 0 unspecified atom stereocenters. The lowest BCUT2D eigenvalue weighted by Gasteiger charge is -2.36. The highest BCUT2D eigenvalue weighted by Gasteiger charge is 2.27. The summed E-state index contributed by atoms with van der Waals surface area (Å²) in [7, 11) is 0. The Labute approximate surface area is 267 Å². The van der Waals surface area contributed by atoms with Crippen LogP contribution in [0.2, 0.25) is 0 Å². The molecule has 6 rings (SSSR count). The number of ether oxygens (including phenoxy) is 2. The molecule has 4 aromatic rings. The molecule has 3 aromatic carbocycles. The van der Waals surface area contributed by atoms with Crippen LogP contribution in [0.25, 0.3) is 10.1 Å². The zero-order valence-corrected chi connectivity index (χ0v) is 26.3. The van der Waals surface area contributed by atoms with Gasteiger partial charge in [-0.1, -0.05) is 42.5 Å². The predicted molar refractivity (Wildman–Crippen MR) is 177 cm³/mol. The standard InChI is InChI=1S/C34H37ClN4O4S/c35-39(24-26-7-2-1-3-8-26)34(41)43-25-38-31-23-28(13-11-27(31)12-14-33(38)40)42-21-5-4-16-36-17-19-37(20-18-36)30-9-6-10-32-29(30)15-22-44-32/h1-3,6-11,13,15,22-23H,4-5,12,14,16-21,24-25H2. The van der Waals surface area contributed by atoms with Gasteiger partial charge in [-0.15, -0.1) is 11.3 Å². The van der Waals surface area contributed by atoms with E-state index in [-0.39, 0.29) is 19.2 Å². The Balaban J connectivity index is 0.942. The molecule has 0 spiro atoms. The van der Waals surface area contributed by atoms with Crippen LogP contribution in [0.15, 0.2) is 78.2 Å². The van der Waals surface area contributed by atoms with Gasteiger partial charge in [-0.2, -0.15) is 0 Å². The van der Waals surface area contributed by atoms with Gasteiger partial charge in [-0.25, -0.2) is 9.21 Å². The molecule has 44 heavy (non-hydrogen) atoms. The van der Waals surface area contributed by atoms with Crippen molar-refractivity contribution in [2.24, 2.45) is 0 Å². The van der Waals surface area contributed by atoms with Gasteiger partial charge >= 0.3 is 6.09 Å². The van der Waals surface area contributed by atoms with Gasteiger partial charge in [0, 0.05) is 66.2 Å². The van der Waals surface area contributed by atoms with Crippen LogP contribution in [0.5, 0.6) is 5.75 Å². The van der Waals surface area contributed by atoms with Crippen molar-refractivity contribution in [3.05, 3.63) is 89.3 Å². The van der Waals surface area contributed by atoms with Crippen molar-refractivity contribution >= 4 is 56.6 Å². The lowest BCUT2D eigenvalue weighted by Crippen LogP contribution is -2.46. The molecule has 2 amide bonds. The SMILES string of the molecule is O=C(OCN1C(=O)CCc2ccc(OCCCCN3CCN(c4cccc5sccc45)CC3)cc21)N(Cl)Cc1ccccc1. The number of fused-ring (bicyclic) bond motifs is 2. The number of hydrogen-bond acceptors (Lipinski definition) is 7. The van der Waals surface area contributed by atoms with Crippen LogP contribution in [0.4, 0.5) is 16.2 Å². The summed E-state index contributed by atoms with van der Waals surface area (Å²) in [5.41, 5.74) is 3.97. The van der Waals surface area contributed by atoms with E-state index in [2.05, 4.69) is 39.4 Å². The van der Waals surface area contributed by atoms with E-state index in [1.54, 1.807) is 11.3 Å². The van der Waals surface area contributed by atoms with Crippen molar-refractivity contribution in [1.82, 2.24) is 9.32 Å². The van der Waals surface area contributed by atoms with Gasteiger partial charge in [0.25, 0.3) is 0 Å². The quantitative estimate of drug-likeness (QED) is 0.132. The number of hydrogen-bond donors (Lipinski definition) is 0. The second kappa shape index (κ2) is 14.3. The Morgan fingerprint density at radius 2 is 1.75 bits per heavy atom. The molecular weight excluding hydrogens is 596 g/mol. The number of nitrogens with zero attached hydrogens (tertiary/aromatic N) is 4. The fourth-order valence-electron chi connectivity index (χ4n) is 5.84. The summed E-state index contributed by atoms with van der Waals surface area (Å²) in [5.74, 6) is 0.604. The number of amides is 2. The molecule has 0 saturated carbocycles. The molecule has 230 valence electrons. The van der Waals surface area contributed by atoms with Crippen LogP contribution in [-0.2, 0) is 22.5 Å². The Morgan fingerprint density at radius 3 is 2.59 bits per heavy atom. The molecule has 0 aliphatic carbocycles. The van der Waals surface area contributed by atoms with Gasteiger partial charge in [0.1, 0.15) is 5.75 Å². The number of unbranched alkanes of at least 4 members (excludes halogenated alkanes) is 1. The fourth-order valence-corrected chi connectivity index (χ4v) is 6.83. The number of piperazine rings is 1. The van der Waals surface area contributed by atoms with Crippen molar-refractivity contribution < 1.29 is 19.1 Å². The van der Waals surface area contributed by atoms with E-state index in [1.165, 1.54) is 20.7 Å². The number of benzene rings is 3. The normalized spacial score (nSPS) is 15.3. The second-order valence-electron chi connectivity index (χ2n) is 11.2. The number of rotatable bonds is 11. The molecule has 0 atom stereocenters. The third kappa shape index (κ3) is 7.29. The summed E-state index contributed by atoms with van der Waals surface area (Å²) in [6, 6.07) is 24.1. The van der Waals surface area contributed by atoms with Crippen molar-refractivity contribution in [2.45, 2.75) is 32.2 Å². The summed E-state index contributed by atoms with van der Waals surface area (Å²) >= 11 is 7.96. The molecule has 1 fully saturated rings. The van der Waals surface area contributed by atoms with Crippen molar-refractivity contribution in [1.29, 1.82) is 0 Å². The molecule has 0 bridgehead atoms. The van der Waals surface area contributed by atoms with Crippen LogP contribution in [0.3, 0.4) is 0 Å². The Hall–Kier alpha value is -3.79. The first kappa shape index (κ1) is 30.2. The van der Waals surface area contributed by atoms with Gasteiger partial charge in [0.05, 0.1) is 18.8 Å². The summed E-state index contributed by atoms with van der Waals surface area (Å²) < 4.78 is 13.8. The number of aryl methyl sites for hydroxylation is 1. The largest absolute Gasteiger partial charge is 0.494 e. The molecule has 8 nitrogen and oxygen atoms in total. The maximum atomic E-state index is 12.8. The fraction of sp³-hybridized carbons (Fsp3) is 0.353. The van der Waals surface area contributed by atoms with Crippen molar-refractivity contribution in [3.63, 3.8) is 0 Å². The van der Waals surface area contributed by atoms with E-state index in [0.29, 0.717) is 30.9 Å². The molecule has 3 heterocycles. The van der Waals surface area contributed by atoms with Crippen molar-refractivity contribution in [2.75, 3.05) is 55.9 Å². The maximum Gasteiger partial charge on any atom is 0.426 e. The molecule has 2 aliphatic heterocycles. The number of thiophene rings is 1. The van der Waals surface area contributed by atoms with Gasteiger partial charge < -0.3 is 14.4 Å². The molecule has 2 aliphatic rings. The minimum Gasteiger partial charge on any atom is -0.494 e. The number of carbonyl (C=O) groups excluding carboxylic acids is 2. The number of carbonyl (C=O) groups is 2. The topological polar surface area (TPSA) is 65.6 Å². The van der Waals surface area contributed by atoms with Gasteiger partial charge in [-0.3, -0.25) is 14.6 Å². The molecule has 1 aromatic heterocycles. The first-order valence-corrected chi connectivity index (χ1v) is 16.4. The van der Waals surface area contributed by atoms with Gasteiger partial charge in [-0.05, 0) is 66.6 Å². The second-order valence-corrected chi connectivity index (χ2v) is 12.5. The van der Waals surface area contributed by atoms with Crippen LogP contribution in [-0.4, -0.2) is 67.4 Å². The molecule has 10 heteroatoms. The average molecular weight is 633 g/mol. The van der Waals surface area contributed by atoms with Crippen LogP contribution < -0.4 is 14.5 Å². The molecule has 0 N–H and O–H groups in total. The first-order valence-electron chi connectivity index (χ1n) is 15.2. The van der Waals surface area contributed by atoms with E-state index in [1.807, 2.05) is 48.5 Å². The lowest BCUT2D eigenvalue weighted by molar-refractivity contribution is -0.119. The number of halogens is 1.